The second-order valence-corrected chi connectivity index (χ2v) is 8.97. The van der Waals surface area contributed by atoms with Crippen LogP contribution in [-0.2, 0) is 0 Å². The van der Waals surface area contributed by atoms with E-state index in [9.17, 15) is 0 Å². The van der Waals surface area contributed by atoms with Crippen LogP contribution >= 0.6 is 11.3 Å². The number of benzene rings is 4. The number of rotatable bonds is 2. The van der Waals surface area contributed by atoms with Crippen LogP contribution in [-0.4, -0.2) is 40.0 Å². The quantitative estimate of drug-likeness (QED) is 0.333. The van der Waals surface area contributed by atoms with E-state index in [1.54, 1.807) is 20.7 Å². The van der Waals surface area contributed by atoms with Crippen LogP contribution in [0.4, 0.5) is 0 Å². The van der Waals surface area contributed by atoms with Gasteiger partial charge in [-0.05, 0) is 48.5 Å². The third-order valence-electron chi connectivity index (χ3n) is 5.71. The molecular weight excluding hydrogens is 456 g/mol. The lowest BCUT2D eigenvalue weighted by Gasteiger charge is -2.07. The van der Waals surface area contributed by atoms with Crippen LogP contribution < -0.4 is 0 Å². The molecule has 0 amide bonds. The summed E-state index contributed by atoms with van der Waals surface area (Å²) >= 11 is 1.63. The first-order chi connectivity index (χ1) is 17.3. The van der Waals surface area contributed by atoms with Gasteiger partial charge in [-0.2, -0.15) is 9.36 Å². The van der Waals surface area contributed by atoms with Crippen LogP contribution in [0.5, 0.6) is 0 Å². The van der Waals surface area contributed by atoms with Gasteiger partial charge in [0.05, 0.1) is 31.5 Å². The first-order valence-electron chi connectivity index (χ1n) is 11.0. The van der Waals surface area contributed by atoms with Crippen molar-refractivity contribution in [2.24, 2.45) is 0 Å². The Bertz CT molecular complexity index is 1790. The first-order valence-corrected chi connectivity index (χ1v) is 11.8. The van der Waals surface area contributed by atoms with Crippen LogP contribution in [0.15, 0.2) is 97.1 Å². The maximum atomic E-state index is 5.12. The zero-order valence-corrected chi connectivity index (χ0v) is 19.0. The highest BCUT2D eigenvalue weighted by Gasteiger charge is 2.18. The lowest BCUT2D eigenvalue weighted by molar-refractivity contribution is 0.755. The second kappa shape index (κ2) is 7.93. The highest BCUT2D eigenvalue weighted by Crippen LogP contribution is 2.27. The summed E-state index contributed by atoms with van der Waals surface area (Å²) in [5.41, 5.74) is 4.78. The van der Waals surface area contributed by atoms with Gasteiger partial charge in [0.15, 0.2) is 0 Å². The largest absolute Gasteiger partial charge is 0.224 e. The third kappa shape index (κ3) is 3.29. The Kier molecular flexibility index (Phi) is 4.46. The molecule has 0 aliphatic heterocycles. The topological polar surface area (TPSA) is 87.2 Å². The van der Waals surface area contributed by atoms with Crippen LogP contribution in [0, 0.1) is 0 Å². The van der Waals surface area contributed by atoms with Crippen molar-refractivity contribution in [3.63, 3.8) is 0 Å². The van der Waals surface area contributed by atoms with Gasteiger partial charge in [-0.15, -0.1) is 21.5 Å². The van der Waals surface area contributed by atoms with E-state index in [1.807, 2.05) is 84.9 Å². The van der Waals surface area contributed by atoms with E-state index in [-0.39, 0.29) is 0 Å². The van der Waals surface area contributed by atoms with Gasteiger partial charge in [-0.3, -0.25) is 0 Å². The number of fused-ring (bicyclic) bond motifs is 4. The lowest BCUT2D eigenvalue weighted by atomic mass is 10.3. The summed E-state index contributed by atoms with van der Waals surface area (Å²) in [5, 5.41) is 17.7. The molecule has 0 saturated heterocycles. The molecule has 3 aromatic heterocycles. The molecule has 3 heterocycles. The summed E-state index contributed by atoms with van der Waals surface area (Å²) in [6.07, 6.45) is 0. The predicted molar refractivity (Wildman–Crippen MR) is 137 cm³/mol. The number of para-hydroxylation sites is 4. The van der Waals surface area contributed by atoms with Crippen molar-refractivity contribution in [3.8, 4) is 11.6 Å². The first kappa shape index (κ1) is 19.7. The van der Waals surface area contributed by atoms with E-state index in [2.05, 4.69) is 32.8 Å². The van der Waals surface area contributed by atoms with E-state index in [4.69, 9.17) is 9.97 Å². The summed E-state index contributed by atoms with van der Waals surface area (Å²) < 4.78 is 5.48. The van der Waals surface area contributed by atoms with Gasteiger partial charge in [0, 0.05) is 0 Å². The van der Waals surface area contributed by atoms with E-state index in [0.29, 0.717) is 11.6 Å². The van der Waals surface area contributed by atoms with E-state index >= 15 is 0 Å². The molecular formula is C26H16N8S. The molecule has 0 saturated carbocycles. The zero-order valence-electron chi connectivity index (χ0n) is 18.2. The SMILES string of the molecule is c1ccc2sc3ccccc3nc(-n3nnc4ccccc43)c(-n3nnc4ccccc43)nc2c1. The number of hydrogen-bond acceptors (Lipinski definition) is 7. The van der Waals surface area contributed by atoms with E-state index in [0.717, 1.165) is 42.5 Å². The van der Waals surface area contributed by atoms with E-state index in [1.165, 1.54) is 0 Å². The van der Waals surface area contributed by atoms with Crippen molar-refractivity contribution >= 4 is 53.8 Å². The summed E-state index contributed by atoms with van der Waals surface area (Å²) in [4.78, 5) is 10.2. The Morgan fingerprint density at radius 2 is 0.857 bits per heavy atom. The van der Waals surface area contributed by atoms with Crippen molar-refractivity contribution in [2.75, 3.05) is 0 Å². The van der Waals surface area contributed by atoms with Gasteiger partial charge in [0.25, 0.3) is 0 Å². The third-order valence-corrected chi connectivity index (χ3v) is 6.84. The normalized spacial score (nSPS) is 11.4. The predicted octanol–water partition coefficient (Wildman–Crippen LogP) is 5.44. The molecule has 0 unspecified atom stereocenters. The van der Waals surface area contributed by atoms with Gasteiger partial charge in [-0.1, -0.05) is 59.0 Å². The van der Waals surface area contributed by atoms with Gasteiger partial charge < -0.3 is 0 Å². The number of hydrogen-bond donors (Lipinski definition) is 0. The van der Waals surface area contributed by atoms with Crippen LogP contribution in [0.1, 0.15) is 0 Å². The van der Waals surface area contributed by atoms with Crippen molar-refractivity contribution < 1.29 is 0 Å². The Hall–Kier alpha value is -4.76. The molecule has 7 rings (SSSR count). The molecule has 8 nitrogen and oxygen atoms in total. The van der Waals surface area contributed by atoms with Crippen molar-refractivity contribution in [1.82, 2.24) is 40.0 Å². The number of aromatic nitrogens is 8. The summed E-state index contributed by atoms with van der Waals surface area (Å²) in [5.74, 6) is 0.998. The summed E-state index contributed by atoms with van der Waals surface area (Å²) in [7, 11) is 0. The van der Waals surface area contributed by atoms with Gasteiger partial charge in [0.2, 0.25) is 11.6 Å². The molecule has 0 N–H and O–H groups in total. The van der Waals surface area contributed by atoms with Gasteiger partial charge >= 0.3 is 0 Å². The fourth-order valence-electron chi connectivity index (χ4n) is 4.05. The zero-order chi connectivity index (χ0) is 23.2. The maximum Gasteiger partial charge on any atom is 0.201 e. The molecule has 166 valence electrons. The smallest absolute Gasteiger partial charge is 0.201 e. The molecule has 0 radical (unpaired) electrons. The minimum atomic E-state index is 0.499. The Morgan fingerprint density at radius 3 is 1.34 bits per heavy atom. The highest BCUT2D eigenvalue weighted by atomic mass is 32.1. The van der Waals surface area contributed by atoms with Crippen molar-refractivity contribution in [1.29, 1.82) is 0 Å². The van der Waals surface area contributed by atoms with Gasteiger partial charge in [-0.25, -0.2) is 9.97 Å². The van der Waals surface area contributed by atoms with Crippen molar-refractivity contribution in [3.05, 3.63) is 97.1 Å². The molecule has 7 aromatic rings. The van der Waals surface area contributed by atoms with Crippen LogP contribution in [0.2, 0.25) is 0 Å². The molecule has 35 heavy (non-hydrogen) atoms. The molecule has 0 aliphatic carbocycles. The van der Waals surface area contributed by atoms with Crippen LogP contribution in [0.25, 0.3) is 54.1 Å². The summed E-state index contributed by atoms with van der Waals surface area (Å²) in [6, 6.07) is 31.7. The molecule has 0 aliphatic rings. The molecule has 4 aromatic carbocycles. The molecule has 0 spiro atoms. The van der Waals surface area contributed by atoms with Crippen molar-refractivity contribution in [2.45, 2.75) is 0 Å². The Labute approximate surface area is 202 Å². The minimum Gasteiger partial charge on any atom is -0.224 e. The molecule has 9 heteroatoms. The second-order valence-electron chi connectivity index (χ2n) is 7.89. The molecule has 0 bridgehead atoms. The maximum absolute atomic E-state index is 5.12. The monoisotopic (exact) mass is 472 g/mol. The Morgan fingerprint density at radius 1 is 0.457 bits per heavy atom. The number of nitrogens with zero attached hydrogens (tertiary/aromatic N) is 8. The lowest BCUT2D eigenvalue weighted by Crippen LogP contribution is -2.09. The van der Waals surface area contributed by atoms with E-state index < -0.39 is 0 Å². The highest BCUT2D eigenvalue weighted by molar-refractivity contribution is 7.24. The summed E-state index contributed by atoms with van der Waals surface area (Å²) in [6.45, 7) is 0. The fourth-order valence-corrected chi connectivity index (χ4v) is 5.02. The molecule has 0 fully saturated rings. The average Bonchev–Trinajstić information content (AvgIpc) is 3.53. The minimum absolute atomic E-state index is 0.499. The fraction of sp³-hybridized carbons (Fsp3) is 0. The Balaban J connectivity index is 1.73. The van der Waals surface area contributed by atoms with Crippen LogP contribution in [0.3, 0.4) is 0 Å². The average molecular weight is 473 g/mol. The van der Waals surface area contributed by atoms with Gasteiger partial charge in [0.1, 0.15) is 11.0 Å². The standard InChI is InChI=1S/C26H16N8S/c1-5-13-21-17(9-1)29-31-33(21)25-26(34-22-14-6-2-10-18(22)30-32-34)28-20-12-4-8-16-24(20)35-23-15-7-3-11-19(23)27-25/h1-16H. The molecule has 0 atom stereocenters.